The summed E-state index contributed by atoms with van der Waals surface area (Å²) in [7, 11) is 0. The Labute approximate surface area is 127 Å². The van der Waals surface area contributed by atoms with Gasteiger partial charge in [-0.2, -0.15) is 0 Å². The number of benzene rings is 1. The number of aromatic nitrogens is 1. The molecule has 0 spiro atoms. The van der Waals surface area contributed by atoms with Crippen molar-refractivity contribution < 1.29 is 9.47 Å². The van der Waals surface area contributed by atoms with Crippen LogP contribution in [0, 0.1) is 6.92 Å². The van der Waals surface area contributed by atoms with Crippen molar-refractivity contribution >= 4 is 21.6 Å². The standard InChI is InChI=1S/C15H17BrN2O2/c1-9(2)19-13-5-4-6-18-15(13)20-14-10(3)7-11(16)8-12(14)17/h4-9H,17H2,1-3H3. The molecule has 0 fully saturated rings. The second kappa shape index (κ2) is 6.13. The maximum atomic E-state index is 6.00. The number of anilines is 1. The van der Waals surface area contributed by atoms with Crippen LogP contribution in [0.2, 0.25) is 0 Å². The molecule has 0 bridgehead atoms. The first-order valence-corrected chi connectivity index (χ1v) is 7.12. The summed E-state index contributed by atoms with van der Waals surface area (Å²) in [5.41, 5.74) is 7.48. The first-order valence-electron chi connectivity index (χ1n) is 6.32. The smallest absolute Gasteiger partial charge is 0.262 e. The fourth-order valence-electron chi connectivity index (χ4n) is 1.79. The molecule has 2 aromatic rings. The Kier molecular flexibility index (Phi) is 4.49. The molecule has 0 unspecified atom stereocenters. The highest BCUT2D eigenvalue weighted by Crippen LogP contribution is 2.36. The first-order chi connectivity index (χ1) is 9.47. The van der Waals surface area contributed by atoms with E-state index in [0.717, 1.165) is 10.0 Å². The van der Waals surface area contributed by atoms with Gasteiger partial charge in [0.2, 0.25) is 0 Å². The van der Waals surface area contributed by atoms with Gasteiger partial charge in [0.15, 0.2) is 11.5 Å². The van der Waals surface area contributed by atoms with Gasteiger partial charge in [0, 0.05) is 10.7 Å². The zero-order valence-electron chi connectivity index (χ0n) is 11.7. The third-order valence-corrected chi connectivity index (χ3v) is 3.02. The fraction of sp³-hybridized carbons (Fsp3) is 0.267. The quantitative estimate of drug-likeness (QED) is 0.845. The first kappa shape index (κ1) is 14.7. The lowest BCUT2D eigenvalue weighted by Gasteiger charge is -2.15. The van der Waals surface area contributed by atoms with Crippen molar-refractivity contribution in [3.05, 3.63) is 40.5 Å². The molecule has 2 N–H and O–H groups in total. The molecule has 5 heteroatoms. The molecular weight excluding hydrogens is 320 g/mol. The Bertz CT molecular complexity index is 592. The largest absolute Gasteiger partial charge is 0.485 e. The maximum absolute atomic E-state index is 6.00. The summed E-state index contributed by atoms with van der Waals surface area (Å²) in [5.74, 6) is 1.61. The van der Waals surface area contributed by atoms with Crippen LogP contribution in [0.1, 0.15) is 19.4 Å². The number of aryl methyl sites for hydroxylation is 1. The van der Waals surface area contributed by atoms with Crippen LogP contribution >= 0.6 is 15.9 Å². The Hall–Kier alpha value is -1.75. The molecule has 4 nitrogen and oxygen atoms in total. The molecule has 0 aliphatic rings. The van der Waals surface area contributed by atoms with Gasteiger partial charge < -0.3 is 15.2 Å². The number of pyridine rings is 1. The molecule has 1 aromatic carbocycles. The topological polar surface area (TPSA) is 57.4 Å². The molecule has 0 saturated carbocycles. The van der Waals surface area contributed by atoms with Gasteiger partial charge >= 0.3 is 0 Å². The minimum Gasteiger partial charge on any atom is -0.485 e. The lowest BCUT2D eigenvalue weighted by atomic mass is 10.2. The number of halogens is 1. The maximum Gasteiger partial charge on any atom is 0.262 e. The summed E-state index contributed by atoms with van der Waals surface area (Å²) in [5, 5.41) is 0. The van der Waals surface area contributed by atoms with Gasteiger partial charge in [-0.05, 0) is 50.6 Å². The van der Waals surface area contributed by atoms with Crippen LogP contribution in [0.3, 0.4) is 0 Å². The van der Waals surface area contributed by atoms with Crippen LogP contribution < -0.4 is 15.2 Å². The zero-order valence-corrected chi connectivity index (χ0v) is 13.3. The molecule has 1 aromatic heterocycles. The van der Waals surface area contributed by atoms with Crippen molar-refractivity contribution in [1.82, 2.24) is 4.98 Å². The van der Waals surface area contributed by atoms with Crippen molar-refractivity contribution in [1.29, 1.82) is 0 Å². The number of nitrogens with two attached hydrogens (primary N) is 1. The summed E-state index contributed by atoms with van der Waals surface area (Å²) in [4.78, 5) is 4.22. The van der Waals surface area contributed by atoms with Crippen molar-refractivity contribution in [3.8, 4) is 17.4 Å². The second-order valence-electron chi connectivity index (χ2n) is 4.72. The predicted molar refractivity (Wildman–Crippen MR) is 83.4 cm³/mol. The number of nitrogens with zero attached hydrogens (tertiary/aromatic N) is 1. The minimum absolute atomic E-state index is 0.0462. The molecule has 1 heterocycles. The predicted octanol–water partition coefficient (Wildman–Crippen LogP) is 4.31. The van der Waals surface area contributed by atoms with Gasteiger partial charge in [-0.15, -0.1) is 0 Å². The lowest BCUT2D eigenvalue weighted by molar-refractivity contribution is 0.231. The summed E-state index contributed by atoms with van der Waals surface area (Å²) < 4.78 is 12.4. The van der Waals surface area contributed by atoms with Crippen LogP contribution in [0.4, 0.5) is 5.69 Å². The third kappa shape index (κ3) is 3.42. The van der Waals surface area contributed by atoms with Gasteiger partial charge in [0.05, 0.1) is 11.8 Å². The van der Waals surface area contributed by atoms with E-state index in [0.29, 0.717) is 23.1 Å². The summed E-state index contributed by atoms with van der Waals surface area (Å²) >= 11 is 3.40. The van der Waals surface area contributed by atoms with E-state index in [1.54, 1.807) is 12.3 Å². The van der Waals surface area contributed by atoms with Crippen molar-refractivity contribution in [3.63, 3.8) is 0 Å². The van der Waals surface area contributed by atoms with E-state index >= 15 is 0 Å². The van der Waals surface area contributed by atoms with E-state index in [-0.39, 0.29) is 6.10 Å². The average Bonchev–Trinajstić information content (AvgIpc) is 2.34. The molecule has 0 aliphatic heterocycles. The Morgan fingerprint density at radius 2 is 2.05 bits per heavy atom. The highest BCUT2D eigenvalue weighted by atomic mass is 79.9. The monoisotopic (exact) mass is 336 g/mol. The Morgan fingerprint density at radius 1 is 1.30 bits per heavy atom. The van der Waals surface area contributed by atoms with E-state index in [9.17, 15) is 0 Å². The second-order valence-corrected chi connectivity index (χ2v) is 5.63. The van der Waals surface area contributed by atoms with E-state index in [4.69, 9.17) is 15.2 Å². The van der Waals surface area contributed by atoms with Crippen LogP contribution in [-0.2, 0) is 0 Å². The van der Waals surface area contributed by atoms with Crippen LogP contribution in [-0.4, -0.2) is 11.1 Å². The summed E-state index contributed by atoms with van der Waals surface area (Å²) in [6.45, 7) is 5.84. The summed E-state index contributed by atoms with van der Waals surface area (Å²) in [6.07, 6.45) is 1.71. The molecule has 0 saturated heterocycles. The van der Waals surface area contributed by atoms with E-state index in [1.807, 2.05) is 39.0 Å². The van der Waals surface area contributed by atoms with Crippen molar-refractivity contribution in [2.45, 2.75) is 26.9 Å². The molecule has 106 valence electrons. The van der Waals surface area contributed by atoms with Crippen LogP contribution in [0.15, 0.2) is 34.9 Å². The number of ether oxygens (including phenoxy) is 2. The van der Waals surface area contributed by atoms with Crippen molar-refractivity contribution in [2.24, 2.45) is 0 Å². The van der Waals surface area contributed by atoms with Crippen LogP contribution in [0.25, 0.3) is 0 Å². The van der Waals surface area contributed by atoms with Gasteiger partial charge in [0.1, 0.15) is 0 Å². The number of hydrogen-bond donors (Lipinski definition) is 1. The Morgan fingerprint density at radius 3 is 2.70 bits per heavy atom. The molecule has 0 atom stereocenters. The number of hydrogen-bond acceptors (Lipinski definition) is 4. The SMILES string of the molecule is Cc1cc(Br)cc(N)c1Oc1ncccc1OC(C)C. The number of rotatable bonds is 4. The van der Waals surface area contributed by atoms with E-state index in [2.05, 4.69) is 20.9 Å². The van der Waals surface area contributed by atoms with E-state index < -0.39 is 0 Å². The fourth-order valence-corrected chi connectivity index (χ4v) is 2.38. The normalized spacial score (nSPS) is 10.7. The van der Waals surface area contributed by atoms with Gasteiger partial charge in [-0.25, -0.2) is 4.98 Å². The minimum atomic E-state index is 0.0462. The zero-order chi connectivity index (χ0) is 14.7. The molecule has 0 aliphatic carbocycles. The molecule has 0 amide bonds. The van der Waals surface area contributed by atoms with Gasteiger partial charge in [0.25, 0.3) is 5.88 Å². The highest BCUT2D eigenvalue weighted by molar-refractivity contribution is 9.10. The van der Waals surface area contributed by atoms with Gasteiger partial charge in [-0.1, -0.05) is 15.9 Å². The highest BCUT2D eigenvalue weighted by Gasteiger charge is 2.13. The van der Waals surface area contributed by atoms with Crippen molar-refractivity contribution in [2.75, 3.05) is 5.73 Å². The molecule has 20 heavy (non-hydrogen) atoms. The average molecular weight is 337 g/mol. The molecule has 0 radical (unpaired) electrons. The van der Waals surface area contributed by atoms with Gasteiger partial charge in [-0.3, -0.25) is 0 Å². The lowest BCUT2D eigenvalue weighted by Crippen LogP contribution is -2.07. The van der Waals surface area contributed by atoms with Crippen LogP contribution in [0.5, 0.6) is 17.4 Å². The summed E-state index contributed by atoms with van der Waals surface area (Å²) in [6, 6.07) is 7.38. The Balaban J connectivity index is 2.35. The molecular formula is C15H17BrN2O2. The third-order valence-electron chi connectivity index (χ3n) is 2.57. The van der Waals surface area contributed by atoms with E-state index in [1.165, 1.54) is 0 Å². The number of nitrogen functional groups attached to an aromatic ring is 1. The molecule has 2 rings (SSSR count).